The summed E-state index contributed by atoms with van der Waals surface area (Å²) in [6, 6.07) is 16.3. The average Bonchev–Trinajstić information content (AvgIpc) is 2.48. The van der Waals surface area contributed by atoms with Gasteiger partial charge in [-0.3, -0.25) is 9.69 Å². The van der Waals surface area contributed by atoms with E-state index in [0.29, 0.717) is 6.54 Å². The average molecular weight is 393 g/mol. The second kappa shape index (κ2) is 6.15. The number of rotatable bonds is 3. The molecule has 0 radical (unpaired) electrons. The molecule has 3 nitrogen and oxygen atoms in total. The van der Waals surface area contributed by atoms with Crippen LogP contribution in [0.3, 0.4) is 0 Å². The zero-order valence-electron chi connectivity index (χ0n) is 11.5. The number of nitrogens with zero attached hydrogens (tertiary/aromatic N) is 1. The topological polar surface area (TPSA) is 40.5 Å². The molecule has 108 valence electrons. The normalized spacial score (nSPS) is 18.2. The van der Waals surface area contributed by atoms with Crippen LogP contribution in [0.2, 0.25) is 0 Å². The van der Waals surface area contributed by atoms with E-state index >= 15 is 0 Å². The van der Waals surface area contributed by atoms with Crippen molar-refractivity contribution in [2.75, 3.05) is 6.54 Å². The van der Waals surface area contributed by atoms with Crippen LogP contribution in [0.4, 0.5) is 0 Å². The molecule has 0 fully saturated rings. The summed E-state index contributed by atoms with van der Waals surface area (Å²) in [6.45, 7) is 2.17. The summed E-state index contributed by atoms with van der Waals surface area (Å²) in [5.74, 6) is -1.17. The van der Waals surface area contributed by atoms with E-state index < -0.39 is 11.9 Å². The van der Waals surface area contributed by atoms with Crippen LogP contribution in [0.5, 0.6) is 0 Å². The number of carboxylic acid groups (broad SMARTS) is 1. The molecule has 1 N–H and O–H groups in total. The zero-order valence-corrected chi connectivity index (χ0v) is 13.7. The van der Waals surface area contributed by atoms with Crippen LogP contribution in [0, 0.1) is 3.57 Å². The van der Waals surface area contributed by atoms with Crippen LogP contribution < -0.4 is 0 Å². The van der Waals surface area contributed by atoms with Gasteiger partial charge >= 0.3 is 5.97 Å². The predicted octanol–water partition coefficient (Wildman–Crippen LogP) is 3.48. The van der Waals surface area contributed by atoms with Crippen LogP contribution in [0.15, 0.2) is 48.5 Å². The molecule has 0 bridgehead atoms. The van der Waals surface area contributed by atoms with E-state index in [2.05, 4.69) is 51.8 Å². The predicted molar refractivity (Wildman–Crippen MR) is 90.1 cm³/mol. The first-order chi connectivity index (χ1) is 10.1. The Morgan fingerprint density at radius 3 is 2.62 bits per heavy atom. The first kappa shape index (κ1) is 14.5. The summed E-state index contributed by atoms with van der Waals surface area (Å²) in [5, 5.41) is 9.48. The van der Waals surface area contributed by atoms with Crippen molar-refractivity contribution in [1.82, 2.24) is 4.90 Å². The molecule has 0 spiro atoms. The molecule has 4 heteroatoms. The molecule has 0 saturated heterocycles. The van der Waals surface area contributed by atoms with Gasteiger partial charge in [0.25, 0.3) is 0 Å². The summed E-state index contributed by atoms with van der Waals surface area (Å²) in [6.07, 6.45) is 0. The molecular weight excluding hydrogens is 377 g/mol. The molecule has 1 unspecified atom stereocenters. The third-order valence-corrected chi connectivity index (χ3v) is 4.60. The minimum atomic E-state index is -0.741. The fourth-order valence-electron chi connectivity index (χ4n) is 2.86. The Balaban J connectivity index is 1.83. The molecular formula is C17H16INO2. The molecule has 1 aliphatic rings. The first-order valence-corrected chi connectivity index (χ1v) is 7.99. The molecule has 1 atom stereocenters. The molecule has 0 aromatic heterocycles. The minimum Gasteiger partial charge on any atom is -0.481 e. The maximum Gasteiger partial charge on any atom is 0.312 e. The van der Waals surface area contributed by atoms with Crippen molar-refractivity contribution >= 4 is 28.6 Å². The van der Waals surface area contributed by atoms with Gasteiger partial charge in [-0.2, -0.15) is 0 Å². The Hall–Kier alpha value is -1.40. The van der Waals surface area contributed by atoms with E-state index in [1.54, 1.807) is 0 Å². The van der Waals surface area contributed by atoms with Gasteiger partial charge in [0.1, 0.15) is 0 Å². The summed E-state index contributed by atoms with van der Waals surface area (Å²) >= 11 is 2.29. The fraction of sp³-hybridized carbons (Fsp3) is 0.235. The van der Waals surface area contributed by atoms with E-state index in [4.69, 9.17) is 0 Å². The van der Waals surface area contributed by atoms with Gasteiger partial charge in [-0.15, -0.1) is 0 Å². The maximum absolute atomic E-state index is 11.5. The van der Waals surface area contributed by atoms with Gasteiger partial charge in [0.2, 0.25) is 0 Å². The Bertz CT molecular complexity index is 654. The summed E-state index contributed by atoms with van der Waals surface area (Å²) in [4.78, 5) is 13.7. The molecule has 0 aliphatic carbocycles. The molecule has 0 amide bonds. The number of carboxylic acids is 1. The van der Waals surface area contributed by atoms with Crippen LogP contribution in [0.1, 0.15) is 22.6 Å². The smallest absolute Gasteiger partial charge is 0.312 e. The minimum absolute atomic E-state index is 0.432. The summed E-state index contributed by atoms with van der Waals surface area (Å²) in [7, 11) is 0. The fourth-order valence-corrected chi connectivity index (χ4v) is 3.22. The van der Waals surface area contributed by atoms with Gasteiger partial charge in [-0.1, -0.05) is 36.4 Å². The van der Waals surface area contributed by atoms with Gasteiger partial charge < -0.3 is 5.11 Å². The Labute approximate surface area is 137 Å². The molecule has 2 aromatic carbocycles. The van der Waals surface area contributed by atoms with Gasteiger partial charge in [-0.05, 0) is 51.4 Å². The Morgan fingerprint density at radius 1 is 1.19 bits per heavy atom. The van der Waals surface area contributed by atoms with Crippen molar-refractivity contribution in [3.8, 4) is 0 Å². The summed E-state index contributed by atoms with van der Waals surface area (Å²) < 4.78 is 1.21. The molecule has 1 aliphatic heterocycles. The highest BCUT2D eigenvalue weighted by atomic mass is 127. The SMILES string of the molecule is O=C(O)C1CN(Cc2ccc(I)cc2)Cc2ccccc21. The number of carbonyl (C=O) groups is 1. The third kappa shape index (κ3) is 3.27. The van der Waals surface area contributed by atoms with Gasteiger partial charge in [0.05, 0.1) is 5.92 Å². The van der Waals surface area contributed by atoms with Crippen LogP contribution in [-0.2, 0) is 17.9 Å². The molecule has 0 saturated carbocycles. The maximum atomic E-state index is 11.5. The van der Waals surface area contributed by atoms with Crippen LogP contribution >= 0.6 is 22.6 Å². The third-order valence-electron chi connectivity index (χ3n) is 3.88. The van der Waals surface area contributed by atoms with Crippen molar-refractivity contribution in [3.05, 3.63) is 68.8 Å². The lowest BCUT2D eigenvalue weighted by molar-refractivity contribution is -0.139. The van der Waals surface area contributed by atoms with Crippen molar-refractivity contribution in [2.45, 2.75) is 19.0 Å². The number of halogens is 1. The van der Waals surface area contributed by atoms with E-state index in [0.717, 1.165) is 24.2 Å². The Morgan fingerprint density at radius 2 is 1.90 bits per heavy atom. The van der Waals surface area contributed by atoms with E-state index in [-0.39, 0.29) is 0 Å². The highest BCUT2D eigenvalue weighted by molar-refractivity contribution is 14.1. The van der Waals surface area contributed by atoms with E-state index in [1.165, 1.54) is 9.13 Å². The van der Waals surface area contributed by atoms with Crippen molar-refractivity contribution in [3.63, 3.8) is 0 Å². The lowest BCUT2D eigenvalue weighted by atomic mass is 9.89. The quantitative estimate of drug-likeness (QED) is 0.812. The van der Waals surface area contributed by atoms with Crippen LogP contribution in [0.25, 0.3) is 0 Å². The molecule has 3 rings (SSSR count). The molecule has 1 heterocycles. The first-order valence-electron chi connectivity index (χ1n) is 6.91. The zero-order chi connectivity index (χ0) is 14.8. The number of fused-ring (bicyclic) bond motifs is 1. The molecule has 21 heavy (non-hydrogen) atoms. The lowest BCUT2D eigenvalue weighted by Crippen LogP contribution is -2.36. The van der Waals surface area contributed by atoms with Crippen molar-refractivity contribution < 1.29 is 9.90 Å². The second-order valence-corrected chi connectivity index (χ2v) is 6.63. The standard InChI is InChI=1S/C17H16INO2/c18-14-7-5-12(6-8-14)9-19-10-13-3-1-2-4-15(13)16(11-19)17(20)21/h1-8,16H,9-11H2,(H,20,21). The number of aliphatic carboxylic acids is 1. The van der Waals surface area contributed by atoms with Gasteiger partial charge in [0, 0.05) is 23.2 Å². The summed E-state index contributed by atoms with van der Waals surface area (Å²) in [5.41, 5.74) is 3.31. The van der Waals surface area contributed by atoms with Crippen LogP contribution in [-0.4, -0.2) is 22.5 Å². The van der Waals surface area contributed by atoms with Crippen molar-refractivity contribution in [2.24, 2.45) is 0 Å². The Kier molecular flexibility index (Phi) is 4.26. The van der Waals surface area contributed by atoms with Gasteiger partial charge in [-0.25, -0.2) is 0 Å². The van der Waals surface area contributed by atoms with E-state index in [9.17, 15) is 9.90 Å². The second-order valence-electron chi connectivity index (χ2n) is 5.39. The monoisotopic (exact) mass is 393 g/mol. The van der Waals surface area contributed by atoms with Gasteiger partial charge in [0.15, 0.2) is 0 Å². The number of hydrogen-bond acceptors (Lipinski definition) is 2. The van der Waals surface area contributed by atoms with E-state index in [1.807, 2.05) is 24.3 Å². The largest absolute Gasteiger partial charge is 0.481 e. The highest BCUT2D eigenvalue weighted by Gasteiger charge is 2.29. The lowest BCUT2D eigenvalue weighted by Gasteiger charge is -2.32. The van der Waals surface area contributed by atoms with Crippen molar-refractivity contribution in [1.29, 1.82) is 0 Å². The highest BCUT2D eigenvalue weighted by Crippen LogP contribution is 2.29. The number of benzene rings is 2. The molecule has 2 aromatic rings. The number of hydrogen-bond donors (Lipinski definition) is 1.